The summed E-state index contributed by atoms with van der Waals surface area (Å²) in [6.45, 7) is 3.40. The fourth-order valence-corrected chi connectivity index (χ4v) is 4.64. The van der Waals surface area contributed by atoms with Crippen molar-refractivity contribution in [2.24, 2.45) is 0 Å². The molecule has 0 spiro atoms. The molecule has 7 heteroatoms. The third-order valence-corrected chi connectivity index (χ3v) is 7.34. The maximum Gasteiger partial charge on any atom is 0.303 e. The molecule has 0 aliphatic heterocycles. The van der Waals surface area contributed by atoms with Crippen LogP contribution < -0.4 is 0 Å². The van der Waals surface area contributed by atoms with Gasteiger partial charge in [-0.15, -0.1) is 0 Å². The fourth-order valence-electron chi connectivity index (χ4n) is 4.64. The van der Waals surface area contributed by atoms with E-state index in [9.17, 15) is 14.4 Å². The number of unbranched alkanes of at least 4 members (excludes halogenated alkanes) is 24. The van der Waals surface area contributed by atoms with Crippen molar-refractivity contribution in [2.45, 2.75) is 194 Å². The van der Waals surface area contributed by atoms with Gasteiger partial charge in [-0.05, 0) is 12.8 Å². The van der Waals surface area contributed by atoms with Crippen LogP contribution in [0.15, 0.2) is 0 Å². The number of hydrogen-bond acceptors (Lipinski definition) is 5. The van der Waals surface area contributed by atoms with Crippen molar-refractivity contribution in [1.82, 2.24) is 0 Å². The van der Waals surface area contributed by atoms with Gasteiger partial charge < -0.3 is 20.4 Å². The normalized spacial score (nSPS) is 10.4. The van der Waals surface area contributed by atoms with E-state index in [-0.39, 0.29) is 0 Å². The number of carboxylic acid groups (broad SMARTS) is 2. The van der Waals surface area contributed by atoms with E-state index in [0.29, 0.717) is 12.8 Å². The Morgan fingerprint density at radius 2 is 0.548 bits per heavy atom. The maximum atomic E-state index is 10.3. The average Bonchev–Trinajstić information content (AvgIpc) is 2.97. The molecule has 0 bridgehead atoms. The molecule has 252 valence electrons. The van der Waals surface area contributed by atoms with Gasteiger partial charge >= 0.3 is 11.9 Å². The van der Waals surface area contributed by atoms with Crippen LogP contribution in [-0.2, 0) is 14.4 Å². The third-order valence-electron chi connectivity index (χ3n) is 7.34. The molecule has 0 aromatic heterocycles. The van der Waals surface area contributed by atoms with Crippen LogP contribution in [0, 0.1) is 0 Å². The van der Waals surface area contributed by atoms with Crippen molar-refractivity contribution >= 4 is 17.7 Å². The highest BCUT2D eigenvalue weighted by Crippen LogP contribution is 2.14. The third kappa shape index (κ3) is 51.3. The Labute approximate surface area is 259 Å². The molecule has 0 amide bonds. The van der Waals surface area contributed by atoms with Gasteiger partial charge in [0.2, 0.25) is 0 Å². The lowest BCUT2D eigenvalue weighted by Gasteiger charge is -2.02. The molecule has 0 saturated heterocycles. The summed E-state index contributed by atoms with van der Waals surface area (Å²) in [6, 6.07) is 0. The quantitative estimate of drug-likeness (QED) is 0.0602. The zero-order chi connectivity index (χ0) is 31.9. The minimum Gasteiger partial charge on any atom is -0.481 e. The van der Waals surface area contributed by atoms with Crippen LogP contribution in [-0.4, -0.2) is 51.4 Å². The Hall–Kier alpha value is -1.47. The molecule has 0 saturated carbocycles. The van der Waals surface area contributed by atoms with Gasteiger partial charge in [0.25, 0.3) is 0 Å². The smallest absolute Gasteiger partial charge is 0.303 e. The highest BCUT2D eigenvalue weighted by Gasteiger charge is 1.98. The van der Waals surface area contributed by atoms with E-state index in [0.717, 1.165) is 25.7 Å². The van der Waals surface area contributed by atoms with E-state index in [1.54, 1.807) is 0 Å². The second-order valence-corrected chi connectivity index (χ2v) is 11.6. The molecule has 0 fully saturated rings. The van der Waals surface area contributed by atoms with Crippen molar-refractivity contribution in [3.05, 3.63) is 0 Å². The Kier molecular flexibility index (Phi) is 44.6. The molecular weight excluding hydrogens is 532 g/mol. The van der Waals surface area contributed by atoms with Crippen LogP contribution in [0.4, 0.5) is 0 Å². The van der Waals surface area contributed by atoms with E-state index >= 15 is 0 Å². The van der Waals surface area contributed by atoms with Gasteiger partial charge in [0.05, 0.1) is 0 Å². The maximum absolute atomic E-state index is 10.3. The fraction of sp³-hybridized carbons (Fsp3) is 0.914. The van der Waals surface area contributed by atoms with Crippen molar-refractivity contribution in [1.29, 1.82) is 0 Å². The second kappa shape index (κ2) is 41.7. The zero-order valence-electron chi connectivity index (χ0n) is 27.7. The van der Waals surface area contributed by atoms with Gasteiger partial charge in [0, 0.05) is 12.8 Å². The van der Waals surface area contributed by atoms with E-state index in [1.807, 2.05) is 0 Å². The van der Waals surface area contributed by atoms with Crippen LogP contribution >= 0.6 is 0 Å². The predicted octanol–water partition coefficient (Wildman–Crippen LogP) is 9.64. The molecule has 4 N–H and O–H groups in total. The highest BCUT2D eigenvalue weighted by molar-refractivity contribution is 5.80. The zero-order valence-corrected chi connectivity index (χ0v) is 27.7. The first-order valence-corrected chi connectivity index (χ1v) is 17.5. The monoisotopic (exact) mass is 603 g/mol. The van der Waals surface area contributed by atoms with E-state index in [1.165, 1.54) is 141 Å². The average molecular weight is 603 g/mol. The second-order valence-electron chi connectivity index (χ2n) is 11.6. The molecule has 0 aliphatic rings. The first-order valence-electron chi connectivity index (χ1n) is 17.5. The molecule has 0 aromatic carbocycles. The summed E-state index contributed by atoms with van der Waals surface area (Å²) in [5.74, 6) is -1.86. The Bertz CT molecular complexity index is 505. The van der Waals surface area contributed by atoms with E-state index < -0.39 is 30.9 Å². The largest absolute Gasteiger partial charge is 0.481 e. The number of carbonyl (C=O) groups excluding carboxylic acids is 1. The standard InChI is InChI=1S/2C16H32O2.C3H6O3/c2*1-2-3-4-5-6-7-8-9-10-11-12-13-14-15-16(17)18;4-1-3(6)2-5/h2*2-15H2,1H3,(H,17,18);4-5H,1-2H2. The Morgan fingerprint density at radius 3 is 0.690 bits per heavy atom. The Morgan fingerprint density at radius 1 is 0.357 bits per heavy atom. The predicted molar refractivity (Wildman–Crippen MR) is 175 cm³/mol. The van der Waals surface area contributed by atoms with Crippen molar-refractivity contribution < 1.29 is 34.8 Å². The molecule has 42 heavy (non-hydrogen) atoms. The van der Waals surface area contributed by atoms with Crippen LogP contribution in [0.25, 0.3) is 0 Å². The van der Waals surface area contributed by atoms with Crippen LogP contribution in [0.5, 0.6) is 0 Å². The number of hydrogen-bond donors (Lipinski definition) is 4. The highest BCUT2D eigenvalue weighted by atomic mass is 16.4. The number of Topliss-reactive ketones (excluding diaryl/α,β-unsaturated/α-hetero) is 1. The number of ketones is 1. The van der Waals surface area contributed by atoms with Crippen LogP contribution in [0.3, 0.4) is 0 Å². The van der Waals surface area contributed by atoms with Gasteiger partial charge in [0.1, 0.15) is 13.2 Å². The minimum absolute atomic E-state index is 0.345. The first-order chi connectivity index (χ1) is 20.3. The molecule has 0 rings (SSSR count). The number of aliphatic hydroxyl groups is 2. The lowest BCUT2D eigenvalue weighted by molar-refractivity contribution is -0.138. The lowest BCUT2D eigenvalue weighted by Crippen LogP contribution is -2.07. The first kappa shape index (κ1) is 45.0. The molecule has 0 unspecified atom stereocenters. The Balaban J connectivity index is -0.000000607. The van der Waals surface area contributed by atoms with Gasteiger partial charge in [-0.3, -0.25) is 14.4 Å². The summed E-state index contributed by atoms with van der Waals surface area (Å²) in [4.78, 5) is 30.3. The van der Waals surface area contributed by atoms with Gasteiger partial charge in [-0.1, -0.05) is 168 Å². The van der Waals surface area contributed by atoms with Crippen LogP contribution in [0.2, 0.25) is 0 Å². The summed E-state index contributed by atoms with van der Waals surface area (Å²) < 4.78 is 0. The summed E-state index contributed by atoms with van der Waals surface area (Å²) in [5, 5.41) is 32.6. The molecule has 0 aromatic rings. The molecule has 7 nitrogen and oxygen atoms in total. The molecule has 0 heterocycles. The number of aliphatic hydroxyl groups excluding tert-OH is 2. The van der Waals surface area contributed by atoms with Crippen LogP contribution in [0.1, 0.15) is 194 Å². The van der Waals surface area contributed by atoms with Crippen molar-refractivity contribution in [3.63, 3.8) is 0 Å². The van der Waals surface area contributed by atoms with Crippen molar-refractivity contribution in [2.75, 3.05) is 13.2 Å². The van der Waals surface area contributed by atoms with Gasteiger partial charge in [-0.25, -0.2) is 0 Å². The molecule has 0 aliphatic carbocycles. The number of rotatable bonds is 30. The summed E-state index contributed by atoms with van der Waals surface area (Å²) in [7, 11) is 0. The lowest BCUT2D eigenvalue weighted by atomic mass is 10.0. The number of carbonyl (C=O) groups is 3. The summed E-state index contributed by atoms with van der Waals surface area (Å²) in [6.07, 6.45) is 34.5. The summed E-state index contributed by atoms with van der Waals surface area (Å²) in [5.41, 5.74) is 0. The topological polar surface area (TPSA) is 132 Å². The summed E-state index contributed by atoms with van der Waals surface area (Å²) >= 11 is 0. The van der Waals surface area contributed by atoms with Crippen molar-refractivity contribution in [3.8, 4) is 0 Å². The SMILES string of the molecule is CCCCCCCCCCCCCCCC(=O)O.CCCCCCCCCCCCCCCC(=O)O.O=C(CO)CO. The molecular formula is C35H70O7. The van der Waals surface area contributed by atoms with Gasteiger partial charge in [-0.2, -0.15) is 0 Å². The number of aliphatic carboxylic acids is 2. The minimum atomic E-state index is -0.655. The van der Waals surface area contributed by atoms with Gasteiger partial charge in [0.15, 0.2) is 5.78 Å². The number of carboxylic acids is 2. The molecule has 0 atom stereocenters. The van der Waals surface area contributed by atoms with E-state index in [4.69, 9.17) is 20.4 Å². The molecule has 0 radical (unpaired) electrons. The van der Waals surface area contributed by atoms with E-state index in [2.05, 4.69) is 13.8 Å².